The molecule has 1 aliphatic heterocycles. The second-order valence-electron chi connectivity index (χ2n) is 6.92. The van der Waals surface area contributed by atoms with Crippen LogP contribution in [-0.2, 0) is 20.9 Å². The molecule has 0 bridgehead atoms. The molecule has 0 radical (unpaired) electrons. The molecular formula is C21H23BrN4O4. The van der Waals surface area contributed by atoms with Crippen LogP contribution in [0.2, 0.25) is 0 Å². The van der Waals surface area contributed by atoms with E-state index in [9.17, 15) is 14.4 Å². The Morgan fingerprint density at radius 1 is 1.10 bits per heavy atom. The summed E-state index contributed by atoms with van der Waals surface area (Å²) in [6.07, 6.45) is 2.11. The second-order valence-corrected chi connectivity index (χ2v) is 7.84. The van der Waals surface area contributed by atoms with Crippen LogP contribution >= 0.6 is 15.9 Å². The number of ether oxygens (including phenoxy) is 1. The SMILES string of the molecule is O=C(NCC(=O)N1CCC(C(=O)Nc2ccc(Br)cn2)CC1)OCc1ccccc1. The van der Waals surface area contributed by atoms with Crippen molar-refractivity contribution in [3.05, 3.63) is 58.7 Å². The number of amides is 3. The molecule has 1 aromatic carbocycles. The normalized spacial score (nSPS) is 14.1. The predicted octanol–water partition coefficient (Wildman–Crippen LogP) is 2.95. The Morgan fingerprint density at radius 3 is 2.50 bits per heavy atom. The first-order chi connectivity index (χ1) is 14.5. The molecule has 0 spiro atoms. The van der Waals surface area contributed by atoms with Crippen molar-refractivity contribution in [2.75, 3.05) is 25.0 Å². The van der Waals surface area contributed by atoms with E-state index >= 15 is 0 Å². The van der Waals surface area contributed by atoms with E-state index < -0.39 is 6.09 Å². The lowest BCUT2D eigenvalue weighted by molar-refractivity contribution is -0.133. The molecule has 3 rings (SSSR count). The Hall–Kier alpha value is -2.94. The topological polar surface area (TPSA) is 101 Å². The van der Waals surface area contributed by atoms with Crippen LogP contribution in [-0.4, -0.2) is 47.4 Å². The summed E-state index contributed by atoms with van der Waals surface area (Å²) in [7, 11) is 0. The Bertz CT molecular complexity index is 868. The molecular weight excluding hydrogens is 452 g/mol. The Kier molecular flexibility index (Phi) is 7.78. The maximum Gasteiger partial charge on any atom is 0.407 e. The monoisotopic (exact) mass is 474 g/mol. The number of benzene rings is 1. The lowest BCUT2D eigenvalue weighted by Crippen LogP contribution is -2.45. The molecule has 30 heavy (non-hydrogen) atoms. The van der Waals surface area contributed by atoms with Crippen LogP contribution < -0.4 is 10.6 Å². The maximum atomic E-state index is 12.4. The van der Waals surface area contributed by atoms with Gasteiger partial charge in [-0.3, -0.25) is 9.59 Å². The standard InChI is InChI=1S/C21H23BrN4O4/c22-17-6-7-18(23-12-17)25-20(28)16-8-10-26(11-9-16)19(27)13-24-21(29)30-14-15-4-2-1-3-5-15/h1-7,12,16H,8-11,13-14H2,(H,24,29)(H,23,25,28). The number of hydrogen-bond donors (Lipinski definition) is 2. The number of alkyl carbamates (subject to hydrolysis) is 1. The summed E-state index contributed by atoms with van der Waals surface area (Å²) in [5, 5.41) is 5.28. The van der Waals surface area contributed by atoms with Gasteiger partial charge in [0.2, 0.25) is 11.8 Å². The molecule has 2 heterocycles. The summed E-state index contributed by atoms with van der Waals surface area (Å²) in [5.41, 5.74) is 0.873. The lowest BCUT2D eigenvalue weighted by Gasteiger charge is -2.31. The van der Waals surface area contributed by atoms with Gasteiger partial charge in [-0.05, 0) is 46.5 Å². The molecule has 2 aromatic rings. The molecule has 0 saturated carbocycles. The summed E-state index contributed by atoms with van der Waals surface area (Å²) in [4.78, 5) is 42.3. The fourth-order valence-electron chi connectivity index (χ4n) is 3.10. The second kappa shape index (κ2) is 10.7. The zero-order valence-electron chi connectivity index (χ0n) is 16.3. The van der Waals surface area contributed by atoms with Crippen molar-refractivity contribution in [3.63, 3.8) is 0 Å². The molecule has 0 unspecified atom stereocenters. The zero-order chi connectivity index (χ0) is 21.3. The van der Waals surface area contributed by atoms with E-state index in [1.54, 1.807) is 17.2 Å². The number of aromatic nitrogens is 1. The fraction of sp³-hybridized carbons (Fsp3) is 0.333. The van der Waals surface area contributed by atoms with Gasteiger partial charge in [0, 0.05) is 29.7 Å². The number of likely N-dealkylation sites (tertiary alicyclic amines) is 1. The van der Waals surface area contributed by atoms with Gasteiger partial charge >= 0.3 is 6.09 Å². The number of hydrogen-bond acceptors (Lipinski definition) is 5. The first-order valence-corrected chi connectivity index (χ1v) is 10.5. The number of pyridine rings is 1. The number of halogens is 1. The molecule has 2 N–H and O–H groups in total. The van der Waals surface area contributed by atoms with Crippen LogP contribution in [0.5, 0.6) is 0 Å². The summed E-state index contributed by atoms with van der Waals surface area (Å²) >= 11 is 3.30. The highest BCUT2D eigenvalue weighted by atomic mass is 79.9. The largest absolute Gasteiger partial charge is 0.445 e. The summed E-state index contributed by atoms with van der Waals surface area (Å²) < 4.78 is 5.93. The molecule has 0 atom stereocenters. The lowest BCUT2D eigenvalue weighted by atomic mass is 9.96. The van der Waals surface area contributed by atoms with Crippen molar-refractivity contribution < 1.29 is 19.1 Å². The van der Waals surface area contributed by atoms with Crippen LogP contribution in [0.4, 0.5) is 10.6 Å². The first kappa shape index (κ1) is 21.8. The molecule has 158 valence electrons. The van der Waals surface area contributed by atoms with Crippen molar-refractivity contribution in [1.29, 1.82) is 0 Å². The number of nitrogens with one attached hydrogen (secondary N) is 2. The van der Waals surface area contributed by atoms with E-state index in [1.165, 1.54) is 0 Å². The number of carbonyl (C=O) groups excluding carboxylic acids is 3. The van der Waals surface area contributed by atoms with Crippen LogP contribution in [0, 0.1) is 5.92 Å². The van der Waals surface area contributed by atoms with Crippen molar-refractivity contribution in [1.82, 2.24) is 15.2 Å². The minimum Gasteiger partial charge on any atom is -0.445 e. The van der Waals surface area contributed by atoms with Gasteiger partial charge in [-0.1, -0.05) is 30.3 Å². The predicted molar refractivity (Wildman–Crippen MR) is 115 cm³/mol. The molecule has 0 aliphatic carbocycles. The third-order valence-electron chi connectivity index (χ3n) is 4.79. The molecule has 1 fully saturated rings. The smallest absolute Gasteiger partial charge is 0.407 e. The molecule has 1 aliphatic rings. The molecule has 9 heteroatoms. The minimum absolute atomic E-state index is 0.0977. The van der Waals surface area contributed by atoms with Crippen LogP contribution in [0.15, 0.2) is 53.1 Å². The van der Waals surface area contributed by atoms with Gasteiger partial charge in [0.15, 0.2) is 0 Å². The Morgan fingerprint density at radius 2 is 1.83 bits per heavy atom. The van der Waals surface area contributed by atoms with E-state index in [4.69, 9.17) is 4.74 Å². The van der Waals surface area contributed by atoms with Crippen molar-refractivity contribution >= 4 is 39.7 Å². The average molecular weight is 475 g/mol. The Balaban J connectivity index is 1.35. The number of anilines is 1. The highest BCUT2D eigenvalue weighted by Crippen LogP contribution is 2.19. The number of rotatable bonds is 6. The average Bonchev–Trinajstić information content (AvgIpc) is 2.78. The summed E-state index contributed by atoms with van der Waals surface area (Å²) in [5.74, 6) is 0.0304. The van der Waals surface area contributed by atoms with E-state index in [1.807, 2.05) is 36.4 Å². The van der Waals surface area contributed by atoms with Crippen molar-refractivity contribution in [2.45, 2.75) is 19.4 Å². The van der Waals surface area contributed by atoms with Gasteiger partial charge in [-0.2, -0.15) is 0 Å². The van der Waals surface area contributed by atoms with E-state index in [0.29, 0.717) is 31.7 Å². The van der Waals surface area contributed by atoms with Crippen LogP contribution in [0.25, 0.3) is 0 Å². The Labute approximate surface area is 183 Å². The maximum absolute atomic E-state index is 12.4. The molecule has 8 nitrogen and oxygen atoms in total. The van der Waals surface area contributed by atoms with E-state index in [-0.39, 0.29) is 30.9 Å². The molecule has 3 amide bonds. The number of carbonyl (C=O) groups is 3. The molecule has 1 aromatic heterocycles. The number of piperidine rings is 1. The molecule has 1 saturated heterocycles. The van der Waals surface area contributed by atoms with Crippen LogP contribution in [0.3, 0.4) is 0 Å². The van der Waals surface area contributed by atoms with Gasteiger partial charge in [-0.25, -0.2) is 9.78 Å². The quantitative estimate of drug-likeness (QED) is 0.669. The van der Waals surface area contributed by atoms with Gasteiger partial charge in [0.05, 0.1) is 0 Å². The first-order valence-electron chi connectivity index (χ1n) is 9.66. The van der Waals surface area contributed by atoms with Gasteiger partial charge in [0.25, 0.3) is 0 Å². The third-order valence-corrected chi connectivity index (χ3v) is 5.26. The highest BCUT2D eigenvalue weighted by molar-refractivity contribution is 9.10. The minimum atomic E-state index is -0.636. The van der Waals surface area contributed by atoms with E-state index in [0.717, 1.165) is 10.0 Å². The van der Waals surface area contributed by atoms with Crippen molar-refractivity contribution in [2.24, 2.45) is 5.92 Å². The fourth-order valence-corrected chi connectivity index (χ4v) is 3.34. The van der Waals surface area contributed by atoms with E-state index in [2.05, 4.69) is 31.5 Å². The summed E-state index contributed by atoms with van der Waals surface area (Å²) in [6, 6.07) is 12.8. The van der Waals surface area contributed by atoms with Gasteiger partial charge in [0.1, 0.15) is 19.0 Å². The van der Waals surface area contributed by atoms with Crippen molar-refractivity contribution in [3.8, 4) is 0 Å². The number of nitrogens with zero attached hydrogens (tertiary/aromatic N) is 2. The zero-order valence-corrected chi connectivity index (χ0v) is 17.9. The van der Waals surface area contributed by atoms with Gasteiger partial charge in [-0.15, -0.1) is 0 Å². The third kappa shape index (κ3) is 6.55. The summed E-state index contributed by atoms with van der Waals surface area (Å²) in [6.45, 7) is 0.943. The highest BCUT2D eigenvalue weighted by Gasteiger charge is 2.27. The van der Waals surface area contributed by atoms with Crippen LogP contribution in [0.1, 0.15) is 18.4 Å². The van der Waals surface area contributed by atoms with Gasteiger partial charge < -0.3 is 20.3 Å².